The molecule has 0 spiro atoms. The fourth-order valence-electron chi connectivity index (χ4n) is 2.40. The molecule has 0 radical (unpaired) electrons. The summed E-state index contributed by atoms with van der Waals surface area (Å²) in [5, 5.41) is 3.90. The van der Waals surface area contributed by atoms with Gasteiger partial charge in [0.15, 0.2) is 0 Å². The van der Waals surface area contributed by atoms with Gasteiger partial charge in [0.1, 0.15) is 5.82 Å². The van der Waals surface area contributed by atoms with E-state index < -0.39 is 0 Å². The van der Waals surface area contributed by atoms with Gasteiger partial charge in [-0.05, 0) is 49.6 Å². The van der Waals surface area contributed by atoms with Crippen LogP contribution >= 0.6 is 11.6 Å². The second-order valence-electron chi connectivity index (χ2n) is 4.96. The highest BCUT2D eigenvalue weighted by atomic mass is 35.5. The molecule has 1 aromatic rings. The fourth-order valence-corrected chi connectivity index (χ4v) is 2.59. The lowest BCUT2D eigenvalue weighted by Gasteiger charge is -2.29. The molecule has 17 heavy (non-hydrogen) atoms. The highest BCUT2D eigenvalue weighted by Crippen LogP contribution is 2.31. The Morgan fingerprint density at radius 1 is 1.47 bits per heavy atom. The minimum absolute atomic E-state index is 0.150. The van der Waals surface area contributed by atoms with E-state index in [1.807, 2.05) is 7.05 Å². The maximum Gasteiger partial charge on any atom is 0.126 e. The van der Waals surface area contributed by atoms with Crippen LogP contribution in [-0.4, -0.2) is 13.1 Å². The van der Waals surface area contributed by atoms with Crippen LogP contribution in [0.15, 0.2) is 18.2 Å². The Morgan fingerprint density at radius 3 is 2.82 bits per heavy atom. The average Bonchev–Trinajstić information content (AvgIpc) is 2.26. The van der Waals surface area contributed by atoms with Crippen molar-refractivity contribution in [2.24, 2.45) is 5.92 Å². The van der Waals surface area contributed by atoms with Crippen molar-refractivity contribution < 1.29 is 4.39 Å². The quantitative estimate of drug-likeness (QED) is 0.844. The molecule has 0 aliphatic heterocycles. The molecular weight excluding hydrogens is 237 g/mol. The van der Waals surface area contributed by atoms with Crippen molar-refractivity contribution in [2.75, 3.05) is 7.05 Å². The van der Waals surface area contributed by atoms with E-state index in [0.717, 1.165) is 24.3 Å². The minimum atomic E-state index is -0.150. The van der Waals surface area contributed by atoms with E-state index in [9.17, 15) is 4.39 Å². The van der Waals surface area contributed by atoms with Crippen molar-refractivity contribution in [2.45, 2.75) is 38.1 Å². The van der Waals surface area contributed by atoms with Crippen LogP contribution in [0.25, 0.3) is 0 Å². The Bertz CT molecular complexity index is 376. The molecule has 1 aliphatic rings. The molecule has 1 atom stereocenters. The molecule has 1 nitrogen and oxygen atoms in total. The standard InChI is InChI=1S/C14H19ClFN/c1-17-13(7-10-3-2-4-10)9-11-8-12(15)5-6-14(11)16/h5-6,8,10,13,17H,2-4,7,9H2,1H3. The maximum absolute atomic E-state index is 13.6. The molecule has 0 bridgehead atoms. The maximum atomic E-state index is 13.6. The first-order valence-electron chi connectivity index (χ1n) is 6.30. The number of nitrogens with one attached hydrogen (secondary N) is 1. The Morgan fingerprint density at radius 2 is 2.24 bits per heavy atom. The van der Waals surface area contributed by atoms with Crippen molar-refractivity contribution in [1.29, 1.82) is 0 Å². The molecule has 1 saturated carbocycles. The Balaban J connectivity index is 1.98. The van der Waals surface area contributed by atoms with E-state index in [2.05, 4.69) is 5.32 Å². The predicted octanol–water partition coefficient (Wildman–Crippen LogP) is 3.80. The van der Waals surface area contributed by atoms with Crippen LogP contribution < -0.4 is 5.32 Å². The first kappa shape index (κ1) is 12.8. The van der Waals surface area contributed by atoms with Crippen LogP contribution in [0.3, 0.4) is 0 Å². The zero-order chi connectivity index (χ0) is 12.3. The predicted molar refractivity (Wildman–Crippen MR) is 69.9 cm³/mol. The summed E-state index contributed by atoms with van der Waals surface area (Å²) in [6.45, 7) is 0. The van der Waals surface area contributed by atoms with E-state index in [1.54, 1.807) is 12.1 Å². The molecule has 0 aromatic heterocycles. The first-order valence-corrected chi connectivity index (χ1v) is 6.68. The van der Waals surface area contributed by atoms with E-state index >= 15 is 0 Å². The van der Waals surface area contributed by atoms with Gasteiger partial charge in [0, 0.05) is 11.1 Å². The normalized spacial score (nSPS) is 17.8. The van der Waals surface area contributed by atoms with E-state index in [-0.39, 0.29) is 5.82 Å². The third kappa shape index (κ3) is 3.43. The molecule has 0 heterocycles. The average molecular weight is 256 g/mol. The number of hydrogen-bond acceptors (Lipinski definition) is 1. The SMILES string of the molecule is CNC(Cc1cc(Cl)ccc1F)CC1CCC1. The molecule has 1 unspecified atom stereocenters. The van der Waals surface area contributed by atoms with Crippen molar-refractivity contribution in [3.05, 3.63) is 34.6 Å². The number of halogens is 2. The van der Waals surface area contributed by atoms with Gasteiger partial charge in [0.2, 0.25) is 0 Å². The molecule has 0 saturated heterocycles. The van der Waals surface area contributed by atoms with Gasteiger partial charge >= 0.3 is 0 Å². The van der Waals surface area contributed by atoms with Crippen LogP contribution in [0, 0.1) is 11.7 Å². The third-order valence-corrected chi connectivity index (χ3v) is 3.96. The second kappa shape index (κ2) is 5.83. The van der Waals surface area contributed by atoms with Crippen LogP contribution in [0.5, 0.6) is 0 Å². The number of rotatable bonds is 5. The topological polar surface area (TPSA) is 12.0 Å². The second-order valence-corrected chi connectivity index (χ2v) is 5.39. The van der Waals surface area contributed by atoms with E-state index in [0.29, 0.717) is 11.1 Å². The van der Waals surface area contributed by atoms with Gasteiger partial charge in [-0.2, -0.15) is 0 Å². The van der Waals surface area contributed by atoms with Crippen molar-refractivity contribution in [3.8, 4) is 0 Å². The molecule has 94 valence electrons. The highest BCUT2D eigenvalue weighted by Gasteiger charge is 2.22. The smallest absolute Gasteiger partial charge is 0.126 e. The first-order chi connectivity index (χ1) is 8.19. The van der Waals surface area contributed by atoms with Crippen LogP contribution in [-0.2, 0) is 6.42 Å². The van der Waals surface area contributed by atoms with E-state index in [4.69, 9.17) is 11.6 Å². The molecule has 1 aliphatic carbocycles. The van der Waals surface area contributed by atoms with Gasteiger partial charge < -0.3 is 5.32 Å². The zero-order valence-corrected chi connectivity index (χ0v) is 10.9. The summed E-state index contributed by atoms with van der Waals surface area (Å²) in [6, 6.07) is 5.14. The summed E-state index contributed by atoms with van der Waals surface area (Å²) in [5.41, 5.74) is 0.719. The number of hydrogen-bond donors (Lipinski definition) is 1. The monoisotopic (exact) mass is 255 g/mol. The van der Waals surface area contributed by atoms with Crippen LogP contribution in [0.4, 0.5) is 4.39 Å². The molecule has 1 fully saturated rings. The largest absolute Gasteiger partial charge is 0.317 e. The van der Waals surface area contributed by atoms with Crippen LogP contribution in [0.1, 0.15) is 31.2 Å². The zero-order valence-electron chi connectivity index (χ0n) is 10.2. The lowest BCUT2D eigenvalue weighted by atomic mass is 9.80. The molecular formula is C14H19ClFN. The number of likely N-dealkylation sites (N-methyl/N-ethyl adjacent to an activating group) is 1. The summed E-state index contributed by atoms with van der Waals surface area (Å²) in [4.78, 5) is 0. The van der Waals surface area contributed by atoms with Gasteiger partial charge in [-0.15, -0.1) is 0 Å². The lowest BCUT2D eigenvalue weighted by Crippen LogP contribution is -2.32. The van der Waals surface area contributed by atoms with Crippen molar-refractivity contribution >= 4 is 11.6 Å². The Kier molecular flexibility index (Phi) is 4.41. The van der Waals surface area contributed by atoms with Gasteiger partial charge in [-0.3, -0.25) is 0 Å². The molecule has 0 amide bonds. The fraction of sp³-hybridized carbons (Fsp3) is 0.571. The van der Waals surface area contributed by atoms with Crippen molar-refractivity contribution in [1.82, 2.24) is 5.32 Å². The van der Waals surface area contributed by atoms with Gasteiger partial charge in [0.05, 0.1) is 0 Å². The molecule has 1 aromatic carbocycles. The van der Waals surface area contributed by atoms with Gasteiger partial charge in [-0.25, -0.2) is 4.39 Å². The lowest BCUT2D eigenvalue weighted by molar-refractivity contribution is 0.263. The summed E-state index contributed by atoms with van der Waals surface area (Å²) in [7, 11) is 1.95. The number of benzene rings is 1. The van der Waals surface area contributed by atoms with Gasteiger partial charge in [-0.1, -0.05) is 30.9 Å². The molecule has 3 heteroatoms. The highest BCUT2D eigenvalue weighted by molar-refractivity contribution is 6.30. The molecule has 2 rings (SSSR count). The Hall–Kier alpha value is -0.600. The minimum Gasteiger partial charge on any atom is -0.317 e. The molecule has 1 N–H and O–H groups in total. The summed E-state index contributed by atoms with van der Waals surface area (Å²) >= 11 is 5.90. The van der Waals surface area contributed by atoms with Gasteiger partial charge in [0.25, 0.3) is 0 Å². The summed E-state index contributed by atoms with van der Waals surface area (Å²) < 4.78 is 13.6. The Labute approximate surface area is 107 Å². The van der Waals surface area contributed by atoms with Crippen molar-refractivity contribution in [3.63, 3.8) is 0 Å². The summed E-state index contributed by atoms with van der Waals surface area (Å²) in [5.74, 6) is 0.679. The summed E-state index contributed by atoms with van der Waals surface area (Å²) in [6.07, 6.45) is 5.88. The van der Waals surface area contributed by atoms with Crippen LogP contribution in [0.2, 0.25) is 5.02 Å². The van der Waals surface area contributed by atoms with E-state index in [1.165, 1.54) is 25.3 Å². The third-order valence-electron chi connectivity index (χ3n) is 3.72.